The fourth-order valence-corrected chi connectivity index (χ4v) is 2.40. The third-order valence-electron chi connectivity index (χ3n) is 3.67. The summed E-state index contributed by atoms with van der Waals surface area (Å²) in [4.78, 5) is 12.5. The van der Waals surface area contributed by atoms with Gasteiger partial charge in [0.25, 0.3) is 0 Å². The molecule has 0 aromatic heterocycles. The minimum Gasteiger partial charge on any atom is -0.458 e. The smallest absolute Gasteiger partial charge is 0.339 e. The van der Waals surface area contributed by atoms with E-state index in [1.165, 1.54) is 5.56 Å². The van der Waals surface area contributed by atoms with Crippen LogP contribution in [-0.4, -0.2) is 12.6 Å². The molecule has 1 aromatic rings. The van der Waals surface area contributed by atoms with Crippen molar-refractivity contribution in [3.63, 3.8) is 0 Å². The molecule has 0 aliphatic rings. The average Bonchev–Trinajstić information content (AvgIpc) is 2.42. The van der Waals surface area contributed by atoms with Crippen LogP contribution in [0.25, 0.3) is 0 Å². The largest absolute Gasteiger partial charge is 0.458 e. The summed E-state index contributed by atoms with van der Waals surface area (Å²) in [5, 5.41) is 0. The Kier molecular flexibility index (Phi) is 6.19. The van der Waals surface area contributed by atoms with E-state index in [1.54, 1.807) is 6.08 Å². The molecular formula is C19H28O2. The summed E-state index contributed by atoms with van der Waals surface area (Å²) in [6.45, 7) is 16.7. The first-order valence-corrected chi connectivity index (χ1v) is 7.75. The van der Waals surface area contributed by atoms with Gasteiger partial charge in [0.2, 0.25) is 0 Å². The monoisotopic (exact) mass is 288 g/mol. The number of ether oxygens (including phenoxy) is 1. The van der Waals surface area contributed by atoms with Crippen molar-refractivity contribution in [2.24, 2.45) is 0 Å². The molecule has 0 saturated carbocycles. The Morgan fingerprint density at radius 1 is 1.05 bits per heavy atom. The fourth-order valence-electron chi connectivity index (χ4n) is 2.40. The average molecular weight is 288 g/mol. The highest BCUT2D eigenvalue weighted by molar-refractivity contribution is 5.93. The predicted octanol–water partition coefficient (Wildman–Crippen LogP) is 5.40. The van der Waals surface area contributed by atoms with Gasteiger partial charge in [0.05, 0.1) is 5.56 Å². The molecule has 0 atom stereocenters. The second-order valence-electron chi connectivity index (χ2n) is 6.43. The summed E-state index contributed by atoms with van der Waals surface area (Å²) < 4.78 is 5.30. The first-order valence-electron chi connectivity index (χ1n) is 7.75. The van der Waals surface area contributed by atoms with Gasteiger partial charge >= 0.3 is 5.97 Å². The van der Waals surface area contributed by atoms with E-state index in [0.29, 0.717) is 5.92 Å². The lowest BCUT2D eigenvalue weighted by Gasteiger charge is -2.21. The molecule has 1 aromatic carbocycles. The van der Waals surface area contributed by atoms with Crippen molar-refractivity contribution >= 4 is 5.97 Å². The van der Waals surface area contributed by atoms with Crippen LogP contribution in [0.15, 0.2) is 24.8 Å². The molecule has 0 unspecified atom stereocenters. The molecule has 0 heterocycles. The molecule has 0 aliphatic heterocycles. The van der Waals surface area contributed by atoms with Crippen LogP contribution >= 0.6 is 0 Å². The molecule has 0 spiro atoms. The zero-order valence-electron chi connectivity index (χ0n) is 14.2. The van der Waals surface area contributed by atoms with Gasteiger partial charge < -0.3 is 4.74 Å². The summed E-state index contributed by atoms with van der Waals surface area (Å²) >= 11 is 0. The summed E-state index contributed by atoms with van der Waals surface area (Å²) in [6, 6.07) is 4.32. The van der Waals surface area contributed by atoms with Gasteiger partial charge in [0.1, 0.15) is 6.61 Å². The number of rotatable bonds is 6. The molecular weight excluding hydrogens is 260 g/mol. The number of carbonyl (C=O) groups excluding carboxylic acids is 1. The van der Waals surface area contributed by atoms with Crippen LogP contribution in [0.4, 0.5) is 0 Å². The number of hydrogen-bond donors (Lipinski definition) is 0. The van der Waals surface area contributed by atoms with Gasteiger partial charge in [-0.1, -0.05) is 66.3 Å². The van der Waals surface area contributed by atoms with Crippen LogP contribution in [0, 0.1) is 0 Å². The van der Waals surface area contributed by atoms with Crippen LogP contribution < -0.4 is 0 Å². The predicted molar refractivity (Wildman–Crippen MR) is 89.2 cm³/mol. The zero-order chi connectivity index (χ0) is 16.2. The highest BCUT2D eigenvalue weighted by Gasteiger charge is 2.22. The Hall–Kier alpha value is -1.57. The summed E-state index contributed by atoms with van der Waals surface area (Å²) in [5.41, 5.74) is 4.19. The maximum absolute atomic E-state index is 12.5. The normalized spacial score (nSPS) is 11.3. The van der Waals surface area contributed by atoms with E-state index >= 15 is 0 Å². The SMILES string of the molecule is C=CCOC(=O)c1c(C(C)C)cc(C(C)C)cc1C(C)C. The van der Waals surface area contributed by atoms with Crippen LogP contribution in [0.5, 0.6) is 0 Å². The lowest BCUT2D eigenvalue weighted by Crippen LogP contribution is -2.14. The molecule has 0 amide bonds. The maximum Gasteiger partial charge on any atom is 0.339 e. The topological polar surface area (TPSA) is 26.3 Å². The van der Waals surface area contributed by atoms with Gasteiger partial charge in [0, 0.05) is 0 Å². The van der Waals surface area contributed by atoms with E-state index in [0.717, 1.165) is 16.7 Å². The van der Waals surface area contributed by atoms with E-state index in [2.05, 4.69) is 60.3 Å². The molecule has 0 fully saturated rings. The first-order chi connectivity index (χ1) is 9.79. The highest BCUT2D eigenvalue weighted by Crippen LogP contribution is 2.32. The number of esters is 1. The quantitative estimate of drug-likeness (QED) is 0.517. The molecule has 21 heavy (non-hydrogen) atoms. The van der Waals surface area contributed by atoms with Crippen LogP contribution in [0.2, 0.25) is 0 Å². The summed E-state index contributed by atoms with van der Waals surface area (Å²) in [6.07, 6.45) is 1.60. The zero-order valence-corrected chi connectivity index (χ0v) is 14.2. The van der Waals surface area contributed by atoms with Crippen molar-refractivity contribution < 1.29 is 9.53 Å². The lowest BCUT2D eigenvalue weighted by molar-refractivity contribution is 0.0546. The Morgan fingerprint density at radius 3 is 1.86 bits per heavy atom. The van der Waals surface area contributed by atoms with Crippen molar-refractivity contribution in [2.45, 2.75) is 59.3 Å². The molecule has 0 radical (unpaired) electrons. The minimum absolute atomic E-state index is 0.238. The fraction of sp³-hybridized carbons (Fsp3) is 0.526. The van der Waals surface area contributed by atoms with Crippen molar-refractivity contribution in [2.75, 3.05) is 6.61 Å². The number of benzene rings is 1. The molecule has 0 aliphatic carbocycles. The van der Waals surface area contributed by atoms with E-state index in [-0.39, 0.29) is 24.4 Å². The standard InChI is InChI=1S/C19H28O2/c1-8-9-21-19(20)18-16(13(4)5)10-15(12(2)3)11-17(18)14(6)7/h8,10-14H,1,9H2,2-7H3. The number of hydrogen-bond acceptors (Lipinski definition) is 2. The maximum atomic E-state index is 12.5. The van der Waals surface area contributed by atoms with Gasteiger partial charge in [-0.3, -0.25) is 0 Å². The highest BCUT2D eigenvalue weighted by atomic mass is 16.5. The van der Waals surface area contributed by atoms with E-state index in [4.69, 9.17) is 4.74 Å². The Bertz CT molecular complexity index is 481. The van der Waals surface area contributed by atoms with Crippen LogP contribution in [-0.2, 0) is 4.74 Å². The van der Waals surface area contributed by atoms with E-state index < -0.39 is 0 Å². The molecule has 116 valence electrons. The third kappa shape index (κ3) is 4.20. The number of carbonyl (C=O) groups is 1. The lowest BCUT2D eigenvalue weighted by atomic mass is 9.84. The van der Waals surface area contributed by atoms with Crippen molar-refractivity contribution in [1.82, 2.24) is 0 Å². The van der Waals surface area contributed by atoms with Crippen LogP contribution in [0.3, 0.4) is 0 Å². The van der Waals surface area contributed by atoms with Crippen LogP contribution in [0.1, 0.15) is 86.3 Å². The Balaban J connectivity index is 3.49. The van der Waals surface area contributed by atoms with Gasteiger partial charge in [-0.25, -0.2) is 4.79 Å². The van der Waals surface area contributed by atoms with Crippen molar-refractivity contribution in [1.29, 1.82) is 0 Å². The summed E-state index contributed by atoms with van der Waals surface area (Å²) in [5.74, 6) is 0.774. The molecule has 0 saturated heterocycles. The van der Waals surface area contributed by atoms with E-state index in [9.17, 15) is 4.79 Å². The molecule has 2 heteroatoms. The van der Waals surface area contributed by atoms with Gasteiger partial charge in [0.15, 0.2) is 0 Å². The van der Waals surface area contributed by atoms with Gasteiger partial charge in [-0.15, -0.1) is 0 Å². The van der Waals surface area contributed by atoms with Gasteiger partial charge in [-0.05, 0) is 34.4 Å². The second kappa shape index (κ2) is 7.44. The Morgan fingerprint density at radius 2 is 1.52 bits per heavy atom. The van der Waals surface area contributed by atoms with E-state index in [1.807, 2.05) is 0 Å². The minimum atomic E-state index is -0.238. The van der Waals surface area contributed by atoms with Crippen molar-refractivity contribution in [3.05, 3.63) is 47.0 Å². The summed E-state index contributed by atoms with van der Waals surface area (Å²) in [7, 11) is 0. The molecule has 2 nitrogen and oxygen atoms in total. The molecule has 0 bridgehead atoms. The molecule has 0 N–H and O–H groups in total. The second-order valence-corrected chi connectivity index (χ2v) is 6.43. The Labute approximate surface area is 129 Å². The van der Waals surface area contributed by atoms with Gasteiger partial charge in [-0.2, -0.15) is 0 Å². The molecule has 1 rings (SSSR count). The first kappa shape index (κ1) is 17.5. The third-order valence-corrected chi connectivity index (χ3v) is 3.67. The van der Waals surface area contributed by atoms with Crippen molar-refractivity contribution in [3.8, 4) is 0 Å².